The Balaban J connectivity index is 2.07. The van der Waals surface area contributed by atoms with Crippen LogP contribution >= 0.6 is 0 Å². The first-order valence-corrected chi connectivity index (χ1v) is 6.09. The Labute approximate surface area is 110 Å². The molecule has 5 nitrogen and oxygen atoms in total. The topological polar surface area (TPSA) is 71.3 Å². The molecule has 19 heavy (non-hydrogen) atoms. The molecule has 2 aromatic rings. The van der Waals surface area contributed by atoms with Crippen LogP contribution in [0.3, 0.4) is 0 Å². The number of Topliss-reactive ketones (excluding diaryl/α,β-unsaturated/α-hetero) is 1. The lowest BCUT2D eigenvalue weighted by molar-refractivity contribution is -0.136. The van der Waals surface area contributed by atoms with Crippen LogP contribution < -0.4 is 5.32 Å². The fourth-order valence-corrected chi connectivity index (χ4v) is 2.06. The third-order valence-electron chi connectivity index (χ3n) is 3.00. The first kappa shape index (κ1) is 13.3. The summed E-state index contributed by atoms with van der Waals surface area (Å²) in [7, 11) is 1.90. The van der Waals surface area contributed by atoms with Crippen LogP contribution in [0.5, 0.6) is 0 Å². The third kappa shape index (κ3) is 3.00. The maximum atomic E-state index is 12.1. The summed E-state index contributed by atoms with van der Waals surface area (Å²) >= 11 is 0. The number of hydrogen-bond acceptors (Lipinski definition) is 3. The molecule has 0 radical (unpaired) electrons. The Morgan fingerprint density at radius 1 is 1.32 bits per heavy atom. The highest BCUT2D eigenvalue weighted by Gasteiger charge is 2.12. The van der Waals surface area contributed by atoms with Gasteiger partial charge in [-0.15, -0.1) is 0 Å². The van der Waals surface area contributed by atoms with Gasteiger partial charge in [-0.1, -0.05) is 18.2 Å². The van der Waals surface area contributed by atoms with Crippen molar-refractivity contribution in [3.05, 3.63) is 36.0 Å². The molecule has 0 aliphatic heterocycles. The van der Waals surface area contributed by atoms with Crippen LogP contribution in [0.15, 0.2) is 30.5 Å². The van der Waals surface area contributed by atoms with Crippen LogP contribution in [0.4, 0.5) is 0 Å². The lowest BCUT2D eigenvalue weighted by Crippen LogP contribution is -2.25. The minimum absolute atomic E-state index is 0.0167. The molecule has 0 amide bonds. The van der Waals surface area contributed by atoms with Gasteiger partial charge in [-0.3, -0.25) is 9.59 Å². The number of carbonyl (C=O) groups is 2. The van der Waals surface area contributed by atoms with Crippen LogP contribution in [-0.2, 0) is 11.8 Å². The van der Waals surface area contributed by atoms with Gasteiger partial charge in [-0.25, -0.2) is 0 Å². The van der Waals surface area contributed by atoms with Crippen molar-refractivity contribution in [2.24, 2.45) is 7.05 Å². The van der Waals surface area contributed by atoms with E-state index in [1.807, 2.05) is 42.1 Å². The van der Waals surface area contributed by atoms with Crippen molar-refractivity contribution >= 4 is 22.7 Å². The van der Waals surface area contributed by atoms with E-state index in [1.165, 1.54) is 0 Å². The van der Waals surface area contributed by atoms with Crippen LogP contribution in [0.1, 0.15) is 16.8 Å². The van der Waals surface area contributed by atoms with E-state index in [2.05, 4.69) is 5.32 Å². The second-order valence-electron chi connectivity index (χ2n) is 4.41. The number of para-hydroxylation sites is 1. The first-order valence-electron chi connectivity index (χ1n) is 6.09. The van der Waals surface area contributed by atoms with Crippen molar-refractivity contribution in [3.8, 4) is 0 Å². The zero-order chi connectivity index (χ0) is 13.8. The summed E-state index contributed by atoms with van der Waals surface area (Å²) in [6.45, 7) is 0.452. The molecule has 0 atom stereocenters. The molecular formula is C14H16N2O3. The van der Waals surface area contributed by atoms with Crippen LogP contribution in [-0.4, -0.2) is 34.5 Å². The predicted molar refractivity (Wildman–Crippen MR) is 72.4 cm³/mol. The summed E-state index contributed by atoms with van der Waals surface area (Å²) in [5, 5.41) is 12.3. The van der Waals surface area contributed by atoms with E-state index < -0.39 is 5.97 Å². The van der Waals surface area contributed by atoms with E-state index >= 15 is 0 Å². The van der Waals surface area contributed by atoms with Gasteiger partial charge in [0.25, 0.3) is 0 Å². The lowest BCUT2D eigenvalue weighted by Gasteiger charge is -2.01. The fourth-order valence-electron chi connectivity index (χ4n) is 2.06. The first-order chi connectivity index (χ1) is 9.09. The summed E-state index contributed by atoms with van der Waals surface area (Å²) in [6.07, 6.45) is 1.83. The van der Waals surface area contributed by atoms with Crippen molar-refractivity contribution in [3.63, 3.8) is 0 Å². The molecule has 100 valence electrons. The number of benzene rings is 1. The molecule has 0 aliphatic carbocycles. The number of hydrogen-bond donors (Lipinski definition) is 2. The van der Waals surface area contributed by atoms with Gasteiger partial charge in [-0.05, 0) is 6.07 Å². The average molecular weight is 260 g/mol. The SMILES string of the molecule is Cn1cc(C(=O)CNCCC(=O)O)c2ccccc21. The number of aromatic nitrogens is 1. The molecule has 0 unspecified atom stereocenters. The number of carboxylic acid groups (broad SMARTS) is 1. The smallest absolute Gasteiger partial charge is 0.304 e. The largest absolute Gasteiger partial charge is 0.481 e. The highest BCUT2D eigenvalue weighted by molar-refractivity contribution is 6.09. The number of carbonyl (C=O) groups excluding carboxylic acids is 1. The lowest BCUT2D eigenvalue weighted by atomic mass is 10.1. The van der Waals surface area contributed by atoms with Crippen molar-refractivity contribution in [2.75, 3.05) is 13.1 Å². The van der Waals surface area contributed by atoms with Gasteiger partial charge in [-0.2, -0.15) is 0 Å². The zero-order valence-corrected chi connectivity index (χ0v) is 10.7. The molecule has 1 aromatic heterocycles. The maximum Gasteiger partial charge on any atom is 0.304 e. The molecule has 0 fully saturated rings. The Bertz CT molecular complexity index is 616. The Hall–Kier alpha value is -2.14. The number of nitrogens with zero attached hydrogens (tertiary/aromatic N) is 1. The molecule has 0 aliphatic rings. The van der Waals surface area contributed by atoms with Crippen molar-refractivity contribution < 1.29 is 14.7 Å². The number of carboxylic acids is 1. The molecule has 5 heteroatoms. The number of rotatable bonds is 6. The summed E-state index contributed by atoms with van der Waals surface area (Å²) < 4.78 is 1.92. The number of ketones is 1. The van der Waals surface area contributed by atoms with Crippen molar-refractivity contribution in [1.29, 1.82) is 0 Å². The second kappa shape index (κ2) is 5.67. The molecule has 1 aromatic carbocycles. The molecule has 1 heterocycles. The third-order valence-corrected chi connectivity index (χ3v) is 3.00. The van der Waals surface area contributed by atoms with E-state index in [9.17, 15) is 9.59 Å². The molecule has 0 saturated carbocycles. The summed E-state index contributed by atoms with van der Waals surface area (Å²) in [6, 6.07) is 7.71. The van der Waals surface area contributed by atoms with Crippen molar-refractivity contribution in [2.45, 2.75) is 6.42 Å². The molecule has 0 spiro atoms. The Kier molecular flexibility index (Phi) is 3.97. The van der Waals surface area contributed by atoms with E-state index in [4.69, 9.17) is 5.11 Å². The average Bonchev–Trinajstić information content (AvgIpc) is 2.72. The summed E-state index contributed by atoms with van der Waals surface area (Å²) in [5.74, 6) is -0.896. The maximum absolute atomic E-state index is 12.1. The normalized spacial score (nSPS) is 10.8. The van der Waals surface area contributed by atoms with Crippen molar-refractivity contribution in [1.82, 2.24) is 9.88 Å². The van der Waals surface area contributed by atoms with Gasteiger partial charge >= 0.3 is 5.97 Å². The Morgan fingerprint density at radius 2 is 2.05 bits per heavy atom. The van der Waals surface area contributed by atoms with E-state index in [1.54, 1.807) is 0 Å². The standard InChI is InChI=1S/C14H16N2O3/c1-16-9-11(10-4-2-3-5-12(10)16)13(17)8-15-7-6-14(18)19/h2-5,9,15H,6-8H2,1H3,(H,18,19). The fraction of sp³-hybridized carbons (Fsp3) is 0.286. The van der Waals surface area contributed by atoms with Gasteiger partial charge in [0.05, 0.1) is 13.0 Å². The molecule has 0 bridgehead atoms. The Morgan fingerprint density at radius 3 is 2.79 bits per heavy atom. The minimum atomic E-state index is -0.870. The van der Waals surface area contributed by atoms with Gasteiger partial charge in [0, 0.05) is 36.3 Å². The van der Waals surface area contributed by atoms with Crippen LogP contribution in [0.25, 0.3) is 10.9 Å². The molecule has 2 rings (SSSR count). The summed E-state index contributed by atoms with van der Waals surface area (Å²) in [4.78, 5) is 22.5. The summed E-state index contributed by atoms with van der Waals surface area (Å²) in [5.41, 5.74) is 1.68. The highest BCUT2D eigenvalue weighted by atomic mass is 16.4. The predicted octanol–water partition coefficient (Wildman–Crippen LogP) is 1.43. The van der Waals surface area contributed by atoms with Gasteiger partial charge in [0.15, 0.2) is 5.78 Å². The quantitative estimate of drug-likeness (QED) is 0.609. The van der Waals surface area contributed by atoms with Gasteiger partial charge < -0.3 is 15.0 Å². The van der Waals surface area contributed by atoms with Gasteiger partial charge in [0.2, 0.25) is 0 Å². The van der Waals surface area contributed by atoms with Gasteiger partial charge in [0.1, 0.15) is 0 Å². The van der Waals surface area contributed by atoms with Crippen LogP contribution in [0.2, 0.25) is 0 Å². The number of fused-ring (bicyclic) bond motifs is 1. The zero-order valence-electron chi connectivity index (χ0n) is 10.7. The second-order valence-corrected chi connectivity index (χ2v) is 4.41. The number of aryl methyl sites for hydroxylation is 1. The number of aliphatic carboxylic acids is 1. The van der Waals surface area contributed by atoms with E-state index in [0.29, 0.717) is 12.1 Å². The monoisotopic (exact) mass is 260 g/mol. The van der Waals surface area contributed by atoms with Crippen LogP contribution in [0, 0.1) is 0 Å². The van der Waals surface area contributed by atoms with E-state index in [0.717, 1.165) is 10.9 Å². The number of nitrogens with one attached hydrogen (secondary N) is 1. The molecule has 0 saturated heterocycles. The molecular weight excluding hydrogens is 244 g/mol. The van der Waals surface area contributed by atoms with E-state index in [-0.39, 0.29) is 18.7 Å². The molecule has 2 N–H and O–H groups in total. The minimum Gasteiger partial charge on any atom is -0.481 e. The highest BCUT2D eigenvalue weighted by Crippen LogP contribution is 2.20.